The number of nitrogens with zero attached hydrogens (tertiary/aromatic N) is 2. The van der Waals surface area contributed by atoms with E-state index in [0.717, 1.165) is 43.2 Å². The van der Waals surface area contributed by atoms with Gasteiger partial charge in [0.15, 0.2) is 5.78 Å². The molecule has 0 aliphatic carbocycles. The zero-order valence-electron chi connectivity index (χ0n) is 12.0. The quantitative estimate of drug-likeness (QED) is 0.586. The van der Waals surface area contributed by atoms with Gasteiger partial charge in [0.2, 0.25) is 0 Å². The lowest BCUT2D eigenvalue weighted by molar-refractivity contribution is 0.0630. The maximum absolute atomic E-state index is 12.1. The SMILES string of the molecule is Cc1c(C(=O)CCCCC2CCOCC2)cnn1C. The number of aromatic nitrogens is 2. The summed E-state index contributed by atoms with van der Waals surface area (Å²) >= 11 is 0. The van der Waals surface area contributed by atoms with E-state index >= 15 is 0 Å². The molecule has 0 atom stereocenters. The molecule has 0 radical (unpaired) electrons. The fourth-order valence-corrected chi connectivity index (χ4v) is 2.66. The normalized spacial score (nSPS) is 16.7. The summed E-state index contributed by atoms with van der Waals surface area (Å²) in [5, 5.41) is 4.12. The van der Waals surface area contributed by atoms with Crippen LogP contribution in [0.25, 0.3) is 0 Å². The molecule has 0 spiro atoms. The number of carbonyl (C=O) groups is 1. The highest BCUT2D eigenvalue weighted by molar-refractivity contribution is 5.96. The molecule has 2 heterocycles. The van der Waals surface area contributed by atoms with Gasteiger partial charge < -0.3 is 4.74 Å². The highest BCUT2D eigenvalue weighted by Gasteiger charge is 2.15. The van der Waals surface area contributed by atoms with Crippen molar-refractivity contribution >= 4 is 5.78 Å². The van der Waals surface area contributed by atoms with Crippen molar-refractivity contribution in [1.29, 1.82) is 0 Å². The first-order valence-corrected chi connectivity index (χ1v) is 7.28. The first-order chi connectivity index (χ1) is 9.18. The minimum Gasteiger partial charge on any atom is -0.381 e. The van der Waals surface area contributed by atoms with Gasteiger partial charge in [-0.15, -0.1) is 0 Å². The van der Waals surface area contributed by atoms with E-state index in [-0.39, 0.29) is 5.78 Å². The Morgan fingerprint density at radius 2 is 2.16 bits per heavy atom. The highest BCUT2D eigenvalue weighted by Crippen LogP contribution is 2.21. The fourth-order valence-electron chi connectivity index (χ4n) is 2.66. The summed E-state index contributed by atoms with van der Waals surface area (Å²) in [6, 6.07) is 0. The van der Waals surface area contributed by atoms with Gasteiger partial charge in [-0.1, -0.05) is 12.8 Å². The zero-order valence-corrected chi connectivity index (χ0v) is 12.0. The van der Waals surface area contributed by atoms with E-state index in [2.05, 4.69) is 5.10 Å². The molecule has 1 aromatic rings. The molecular formula is C15H24N2O2. The molecule has 0 saturated carbocycles. The number of carbonyl (C=O) groups excluding carboxylic acids is 1. The number of hydrogen-bond donors (Lipinski definition) is 0. The van der Waals surface area contributed by atoms with E-state index in [1.54, 1.807) is 10.9 Å². The molecule has 1 aliphatic heterocycles. The van der Waals surface area contributed by atoms with Gasteiger partial charge in [0.05, 0.1) is 11.8 Å². The number of ketones is 1. The Morgan fingerprint density at radius 1 is 1.42 bits per heavy atom. The smallest absolute Gasteiger partial charge is 0.166 e. The Morgan fingerprint density at radius 3 is 2.79 bits per heavy atom. The van der Waals surface area contributed by atoms with E-state index < -0.39 is 0 Å². The molecule has 106 valence electrons. The Balaban J connectivity index is 1.68. The molecule has 0 unspecified atom stereocenters. The van der Waals surface area contributed by atoms with Crippen molar-refractivity contribution in [3.63, 3.8) is 0 Å². The summed E-state index contributed by atoms with van der Waals surface area (Å²) in [7, 11) is 1.87. The molecule has 1 aliphatic rings. The van der Waals surface area contributed by atoms with Crippen molar-refractivity contribution in [2.24, 2.45) is 13.0 Å². The molecule has 0 bridgehead atoms. The van der Waals surface area contributed by atoms with Gasteiger partial charge in [-0.05, 0) is 32.1 Å². The first kappa shape index (κ1) is 14.3. The van der Waals surface area contributed by atoms with Crippen molar-refractivity contribution in [2.75, 3.05) is 13.2 Å². The standard InChI is InChI=1S/C15H24N2O2/c1-12-14(11-16-17(12)2)15(18)6-4-3-5-13-7-9-19-10-8-13/h11,13H,3-10H2,1-2H3. The summed E-state index contributed by atoms with van der Waals surface area (Å²) in [5.41, 5.74) is 1.75. The lowest BCUT2D eigenvalue weighted by Gasteiger charge is -2.21. The molecule has 0 N–H and O–H groups in total. The van der Waals surface area contributed by atoms with Crippen LogP contribution in [-0.2, 0) is 11.8 Å². The van der Waals surface area contributed by atoms with Gasteiger partial charge in [-0.2, -0.15) is 5.10 Å². The number of rotatable bonds is 6. The van der Waals surface area contributed by atoms with E-state index in [1.807, 2.05) is 14.0 Å². The van der Waals surface area contributed by atoms with Gasteiger partial charge >= 0.3 is 0 Å². The molecule has 1 saturated heterocycles. The number of hydrogen-bond acceptors (Lipinski definition) is 3. The first-order valence-electron chi connectivity index (χ1n) is 7.28. The van der Waals surface area contributed by atoms with Crippen molar-refractivity contribution < 1.29 is 9.53 Å². The summed E-state index contributed by atoms with van der Waals surface area (Å²) < 4.78 is 7.11. The van der Waals surface area contributed by atoms with Crippen LogP contribution in [0, 0.1) is 12.8 Å². The second-order valence-electron chi connectivity index (χ2n) is 5.49. The molecule has 0 aromatic carbocycles. The van der Waals surface area contributed by atoms with Gasteiger partial charge in [0.25, 0.3) is 0 Å². The number of unbranched alkanes of at least 4 members (excludes halogenated alkanes) is 1. The Bertz CT molecular complexity index is 420. The predicted octanol–water partition coefficient (Wildman–Crippen LogP) is 2.90. The highest BCUT2D eigenvalue weighted by atomic mass is 16.5. The largest absolute Gasteiger partial charge is 0.381 e. The van der Waals surface area contributed by atoms with Gasteiger partial charge in [0.1, 0.15) is 0 Å². The second-order valence-corrected chi connectivity index (χ2v) is 5.49. The van der Waals surface area contributed by atoms with E-state index in [9.17, 15) is 4.79 Å². The van der Waals surface area contributed by atoms with Crippen molar-refractivity contribution in [2.45, 2.75) is 45.4 Å². The molecule has 2 rings (SSSR count). The van der Waals surface area contributed by atoms with E-state index in [4.69, 9.17) is 4.74 Å². The van der Waals surface area contributed by atoms with E-state index in [0.29, 0.717) is 6.42 Å². The van der Waals surface area contributed by atoms with E-state index in [1.165, 1.54) is 19.3 Å². The van der Waals surface area contributed by atoms with Crippen molar-refractivity contribution in [3.8, 4) is 0 Å². The van der Waals surface area contributed by atoms with Crippen LogP contribution in [0.3, 0.4) is 0 Å². The number of Topliss-reactive ketones (excluding diaryl/α,β-unsaturated/α-hetero) is 1. The third-order valence-electron chi connectivity index (χ3n) is 4.14. The maximum Gasteiger partial charge on any atom is 0.166 e. The summed E-state index contributed by atoms with van der Waals surface area (Å²) in [6.45, 7) is 3.78. The Kier molecular flexibility index (Phi) is 5.14. The van der Waals surface area contributed by atoms with Crippen LogP contribution in [-0.4, -0.2) is 28.8 Å². The van der Waals surface area contributed by atoms with Crippen LogP contribution in [0.4, 0.5) is 0 Å². The Hall–Kier alpha value is -1.16. The fraction of sp³-hybridized carbons (Fsp3) is 0.733. The predicted molar refractivity (Wildman–Crippen MR) is 74.3 cm³/mol. The summed E-state index contributed by atoms with van der Waals surface area (Å²) in [5.74, 6) is 1.04. The van der Waals surface area contributed by atoms with Gasteiger partial charge in [0, 0.05) is 32.4 Å². The third kappa shape index (κ3) is 3.90. The van der Waals surface area contributed by atoms with Crippen LogP contribution in [0.15, 0.2) is 6.20 Å². The summed E-state index contributed by atoms with van der Waals surface area (Å²) in [4.78, 5) is 12.1. The molecule has 1 aromatic heterocycles. The van der Waals surface area contributed by atoms with Crippen LogP contribution < -0.4 is 0 Å². The minimum atomic E-state index is 0.234. The van der Waals surface area contributed by atoms with Crippen LogP contribution in [0.1, 0.15) is 54.6 Å². The van der Waals surface area contributed by atoms with Crippen molar-refractivity contribution in [1.82, 2.24) is 9.78 Å². The average Bonchev–Trinajstić information content (AvgIpc) is 2.76. The topological polar surface area (TPSA) is 44.1 Å². The zero-order chi connectivity index (χ0) is 13.7. The number of aryl methyl sites for hydroxylation is 1. The molecule has 4 heteroatoms. The maximum atomic E-state index is 12.1. The molecule has 0 amide bonds. The van der Waals surface area contributed by atoms with Crippen LogP contribution >= 0.6 is 0 Å². The lowest BCUT2D eigenvalue weighted by Crippen LogP contribution is -2.15. The van der Waals surface area contributed by atoms with Gasteiger partial charge in [-0.3, -0.25) is 9.48 Å². The molecule has 19 heavy (non-hydrogen) atoms. The summed E-state index contributed by atoms with van der Waals surface area (Å²) in [6.07, 6.45) is 8.10. The molecule has 4 nitrogen and oxygen atoms in total. The minimum absolute atomic E-state index is 0.234. The second kappa shape index (κ2) is 6.85. The van der Waals surface area contributed by atoms with Crippen LogP contribution in [0.2, 0.25) is 0 Å². The monoisotopic (exact) mass is 264 g/mol. The average molecular weight is 264 g/mol. The number of ether oxygens (including phenoxy) is 1. The lowest BCUT2D eigenvalue weighted by atomic mass is 9.93. The Labute approximate surface area is 115 Å². The molecule has 1 fully saturated rings. The third-order valence-corrected chi connectivity index (χ3v) is 4.14. The van der Waals surface area contributed by atoms with Crippen molar-refractivity contribution in [3.05, 3.63) is 17.5 Å². The van der Waals surface area contributed by atoms with Gasteiger partial charge in [-0.25, -0.2) is 0 Å². The van der Waals surface area contributed by atoms with Crippen LogP contribution in [0.5, 0.6) is 0 Å². The molecular weight excluding hydrogens is 240 g/mol.